The highest BCUT2D eigenvalue weighted by atomic mass is 32.2. The highest BCUT2D eigenvalue weighted by Gasteiger charge is 2.32. The minimum atomic E-state index is -3.02. The van der Waals surface area contributed by atoms with Crippen LogP contribution in [0.2, 0.25) is 0 Å². The number of benzene rings is 1. The van der Waals surface area contributed by atoms with E-state index in [0.717, 1.165) is 5.69 Å². The van der Waals surface area contributed by atoms with Crippen molar-refractivity contribution in [3.8, 4) is 0 Å². The number of rotatable bonds is 3. The maximum atomic E-state index is 12.7. The molecule has 1 aromatic carbocycles. The second kappa shape index (κ2) is 6.05. The van der Waals surface area contributed by atoms with Crippen molar-refractivity contribution in [3.05, 3.63) is 29.8 Å². The van der Waals surface area contributed by atoms with Crippen LogP contribution in [-0.2, 0) is 9.84 Å². The quantitative estimate of drug-likeness (QED) is 0.924. The van der Waals surface area contributed by atoms with Crippen molar-refractivity contribution in [2.45, 2.75) is 32.9 Å². The maximum absolute atomic E-state index is 12.7. The summed E-state index contributed by atoms with van der Waals surface area (Å²) in [7, 11) is -3.02. The van der Waals surface area contributed by atoms with Crippen molar-refractivity contribution in [1.82, 2.24) is 4.90 Å². The molecule has 0 spiro atoms. The van der Waals surface area contributed by atoms with E-state index in [1.807, 2.05) is 32.0 Å². The van der Waals surface area contributed by atoms with Crippen LogP contribution >= 0.6 is 0 Å². The molecule has 21 heavy (non-hydrogen) atoms. The molecule has 1 N–H and O–H groups in total. The van der Waals surface area contributed by atoms with Crippen LogP contribution in [0.1, 0.15) is 31.1 Å². The first-order valence-corrected chi connectivity index (χ1v) is 8.99. The monoisotopic (exact) mass is 310 g/mol. The molecule has 0 saturated carbocycles. The van der Waals surface area contributed by atoms with Gasteiger partial charge in [0.15, 0.2) is 9.84 Å². The van der Waals surface area contributed by atoms with E-state index < -0.39 is 9.84 Å². The molecule has 6 heteroatoms. The number of carbonyl (C=O) groups excluding carboxylic acids is 1. The third-order valence-electron chi connectivity index (χ3n) is 3.53. The zero-order chi connectivity index (χ0) is 15.6. The molecule has 1 unspecified atom stereocenters. The van der Waals surface area contributed by atoms with Gasteiger partial charge in [-0.3, -0.25) is 4.79 Å². The molecule has 2 rings (SSSR count). The first kappa shape index (κ1) is 15.8. The fourth-order valence-corrected chi connectivity index (χ4v) is 4.12. The third kappa shape index (κ3) is 3.75. The first-order valence-electron chi connectivity index (χ1n) is 7.17. The molecule has 1 atom stereocenters. The van der Waals surface area contributed by atoms with Crippen LogP contribution < -0.4 is 5.32 Å². The largest absolute Gasteiger partial charge is 0.382 e. The van der Waals surface area contributed by atoms with Crippen molar-refractivity contribution < 1.29 is 13.2 Å². The summed E-state index contributed by atoms with van der Waals surface area (Å²) < 4.78 is 23.3. The van der Waals surface area contributed by atoms with E-state index in [2.05, 4.69) is 5.32 Å². The summed E-state index contributed by atoms with van der Waals surface area (Å²) in [5.74, 6) is -0.0254. The van der Waals surface area contributed by atoms with Crippen LogP contribution in [0, 0.1) is 0 Å². The van der Waals surface area contributed by atoms with Crippen LogP contribution in [0.5, 0.6) is 0 Å². The van der Waals surface area contributed by atoms with E-state index in [9.17, 15) is 13.2 Å². The molecule has 1 aliphatic rings. The zero-order valence-corrected chi connectivity index (χ0v) is 13.5. The summed E-state index contributed by atoms with van der Waals surface area (Å²) >= 11 is 0. The minimum Gasteiger partial charge on any atom is -0.382 e. The summed E-state index contributed by atoms with van der Waals surface area (Å²) in [5, 5.41) is 3.26. The van der Waals surface area contributed by atoms with Crippen LogP contribution in [0.15, 0.2) is 24.3 Å². The van der Waals surface area contributed by atoms with Gasteiger partial charge in [-0.05, 0) is 32.9 Å². The van der Waals surface area contributed by atoms with Gasteiger partial charge in [0, 0.05) is 24.3 Å². The molecular weight excluding hydrogens is 288 g/mol. The Labute approximate surface area is 126 Å². The number of sulfone groups is 1. The van der Waals surface area contributed by atoms with E-state index in [0.29, 0.717) is 5.56 Å². The van der Waals surface area contributed by atoms with Gasteiger partial charge < -0.3 is 10.2 Å². The van der Waals surface area contributed by atoms with Gasteiger partial charge in [0.05, 0.1) is 17.1 Å². The Hall–Kier alpha value is -1.56. The molecule has 0 radical (unpaired) electrons. The van der Waals surface area contributed by atoms with Crippen molar-refractivity contribution in [3.63, 3.8) is 0 Å². The smallest absolute Gasteiger partial charge is 0.256 e. The Kier molecular flexibility index (Phi) is 4.56. The van der Waals surface area contributed by atoms with E-state index in [4.69, 9.17) is 0 Å². The lowest BCUT2D eigenvalue weighted by Crippen LogP contribution is -2.49. The average molecular weight is 310 g/mol. The summed E-state index contributed by atoms with van der Waals surface area (Å²) in [6.07, 6.45) is 0. The second-order valence-electron chi connectivity index (χ2n) is 5.81. The Morgan fingerprint density at radius 1 is 1.33 bits per heavy atom. The number of carbonyl (C=O) groups is 1. The lowest BCUT2D eigenvalue weighted by Gasteiger charge is -2.33. The maximum Gasteiger partial charge on any atom is 0.256 e. The van der Waals surface area contributed by atoms with Gasteiger partial charge in [-0.1, -0.05) is 12.1 Å². The highest BCUT2D eigenvalue weighted by molar-refractivity contribution is 7.91. The molecule has 1 amide bonds. The molecule has 1 aromatic rings. The number of anilines is 1. The molecular formula is C15H22N2O3S. The van der Waals surface area contributed by atoms with E-state index >= 15 is 0 Å². The van der Waals surface area contributed by atoms with Crippen molar-refractivity contribution in [1.29, 1.82) is 0 Å². The van der Waals surface area contributed by atoms with Crippen LogP contribution in [0.3, 0.4) is 0 Å². The number of para-hydroxylation sites is 1. The molecule has 0 aliphatic carbocycles. The van der Waals surface area contributed by atoms with Gasteiger partial charge in [0.1, 0.15) is 0 Å². The van der Waals surface area contributed by atoms with Crippen molar-refractivity contribution in [2.24, 2.45) is 0 Å². The van der Waals surface area contributed by atoms with Gasteiger partial charge in [0.2, 0.25) is 0 Å². The van der Waals surface area contributed by atoms with E-state index in [1.54, 1.807) is 17.9 Å². The molecule has 1 fully saturated rings. The molecule has 116 valence electrons. The SMILES string of the molecule is CC(C)Nc1ccccc1C(=O)N1CCS(=O)(=O)CC1C. The average Bonchev–Trinajstić information content (AvgIpc) is 2.37. The van der Waals surface area contributed by atoms with E-state index in [-0.39, 0.29) is 36.0 Å². The molecule has 5 nitrogen and oxygen atoms in total. The molecule has 1 heterocycles. The van der Waals surface area contributed by atoms with E-state index in [1.165, 1.54) is 0 Å². The number of hydrogen-bond donors (Lipinski definition) is 1. The second-order valence-corrected chi connectivity index (χ2v) is 8.04. The Balaban J connectivity index is 2.24. The highest BCUT2D eigenvalue weighted by Crippen LogP contribution is 2.21. The van der Waals surface area contributed by atoms with Gasteiger partial charge in [-0.2, -0.15) is 0 Å². The molecule has 0 bridgehead atoms. The van der Waals surface area contributed by atoms with Crippen molar-refractivity contribution >= 4 is 21.4 Å². The number of hydrogen-bond acceptors (Lipinski definition) is 4. The molecule has 0 aromatic heterocycles. The van der Waals surface area contributed by atoms with Gasteiger partial charge in [-0.15, -0.1) is 0 Å². The first-order chi connectivity index (χ1) is 9.80. The van der Waals surface area contributed by atoms with Gasteiger partial charge >= 0.3 is 0 Å². The minimum absolute atomic E-state index is 0.0402. The van der Waals surface area contributed by atoms with Gasteiger partial charge in [0.25, 0.3) is 5.91 Å². The summed E-state index contributed by atoms with van der Waals surface area (Å²) in [6, 6.07) is 7.29. The van der Waals surface area contributed by atoms with Crippen molar-refractivity contribution in [2.75, 3.05) is 23.4 Å². The third-order valence-corrected chi connectivity index (χ3v) is 5.33. The molecule has 1 saturated heterocycles. The Morgan fingerprint density at radius 3 is 2.62 bits per heavy atom. The number of nitrogens with zero attached hydrogens (tertiary/aromatic N) is 1. The molecule has 1 aliphatic heterocycles. The standard InChI is InChI=1S/C15H22N2O3S/c1-11(2)16-14-7-5-4-6-13(14)15(18)17-8-9-21(19,20)10-12(17)3/h4-7,11-12,16H,8-10H2,1-3H3. The number of amides is 1. The lowest BCUT2D eigenvalue weighted by molar-refractivity contribution is 0.0713. The Morgan fingerprint density at radius 2 is 2.00 bits per heavy atom. The topological polar surface area (TPSA) is 66.5 Å². The zero-order valence-electron chi connectivity index (χ0n) is 12.7. The predicted octanol–water partition coefficient (Wildman–Crippen LogP) is 1.77. The summed E-state index contributed by atoms with van der Waals surface area (Å²) in [6.45, 7) is 6.07. The number of nitrogens with one attached hydrogen (secondary N) is 1. The van der Waals surface area contributed by atoms with Crippen LogP contribution in [0.4, 0.5) is 5.69 Å². The fraction of sp³-hybridized carbons (Fsp3) is 0.533. The predicted molar refractivity (Wildman–Crippen MR) is 84.4 cm³/mol. The lowest BCUT2D eigenvalue weighted by atomic mass is 10.1. The van der Waals surface area contributed by atoms with Crippen LogP contribution in [-0.4, -0.2) is 49.4 Å². The summed E-state index contributed by atoms with van der Waals surface area (Å²) in [4.78, 5) is 14.4. The fourth-order valence-electron chi connectivity index (χ4n) is 2.56. The van der Waals surface area contributed by atoms with Gasteiger partial charge in [-0.25, -0.2) is 8.42 Å². The normalized spacial score (nSPS) is 21.3. The Bertz CT molecular complexity index is 626. The van der Waals surface area contributed by atoms with Crippen LogP contribution in [0.25, 0.3) is 0 Å². The summed E-state index contributed by atoms with van der Waals surface area (Å²) in [5.41, 5.74) is 1.38.